The molecule has 0 aromatic rings. The van der Waals surface area contributed by atoms with E-state index < -0.39 is 0 Å². The van der Waals surface area contributed by atoms with Gasteiger partial charge in [-0.1, -0.05) is 37.3 Å². The number of carbonyl (C=O) groups is 1. The maximum Gasteiger partial charge on any atom is 0.147 e. The summed E-state index contributed by atoms with van der Waals surface area (Å²) in [7, 11) is 0. The fourth-order valence-corrected chi connectivity index (χ4v) is 2.46. The van der Waals surface area contributed by atoms with Gasteiger partial charge in [0.05, 0.1) is 5.41 Å². The molecule has 0 aromatic carbocycles. The molecule has 1 saturated carbocycles. The normalized spacial score (nSPS) is 35.4. The van der Waals surface area contributed by atoms with Crippen LogP contribution in [0.25, 0.3) is 0 Å². The SMILES string of the molecule is CC[C@H]1CC(=O)[C@@]2(C)C=CC=CC=C12. The van der Waals surface area contributed by atoms with Crippen LogP contribution in [0.15, 0.2) is 36.0 Å². The van der Waals surface area contributed by atoms with Crippen molar-refractivity contribution in [3.05, 3.63) is 36.0 Å². The summed E-state index contributed by atoms with van der Waals surface area (Å²) in [6.45, 7) is 4.20. The minimum Gasteiger partial charge on any atom is -0.298 e. The number of hydrogen-bond donors (Lipinski definition) is 0. The van der Waals surface area contributed by atoms with Crippen LogP contribution in [-0.2, 0) is 4.79 Å². The zero-order chi connectivity index (χ0) is 10.2. The number of allylic oxidation sites excluding steroid dienone is 6. The monoisotopic (exact) mass is 188 g/mol. The molecule has 2 atom stereocenters. The van der Waals surface area contributed by atoms with Gasteiger partial charge in [-0.05, 0) is 24.8 Å². The van der Waals surface area contributed by atoms with E-state index in [1.807, 2.05) is 31.2 Å². The molecule has 1 nitrogen and oxygen atoms in total. The van der Waals surface area contributed by atoms with Gasteiger partial charge in [0.15, 0.2) is 0 Å². The molecule has 0 aromatic heterocycles. The molecular formula is C13H16O. The Morgan fingerprint density at radius 3 is 2.93 bits per heavy atom. The van der Waals surface area contributed by atoms with Crippen molar-refractivity contribution in [1.82, 2.24) is 0 Å². The first-order chi connectivity index (χ1) is 6.68. The smallest absolute Gasteiger partial charge is 0.147 e. The summed E-state index contributed by atoms with van der Waals surface area (Å²) in [6, 6.07) is 0. The first-order valence-electron chi connectivity index (χ1n) is 5.28. The van der Waals surface area contributed by atoms with Crippen LogP contribution in [0.5, 0.6) is 0 Å². The molecule has 0 amide bonds. The molecule has 0 heterocycles. The summed E-state index contributed by atoms with van der Waals surface area (Å²) in [6.07, 6.45) is 12.0. The molecule has 0 radical (unpaired) electrons. The van der Waals surface area contributed by atoms with E-state index in [9.17, 15) is 4.79 Å². The van der Waals surface area contributed by atoms with Gasteiger partial charge in [0.25, 0.3) is 0 Å². The molecule has 0 N–H and O–H groups in total. The van der Waals surface area contributed by atoms with E-state index >= 15 is 0 Å². The van der Waals surface area contributed by atoms with E-state index in [0.29, 0.717) is 11.7 Å². The number of Topliss-reactive ketones (excluding diaryl/α,β-unsaturated/α-hetero) is 1. The largest absolute Gasteiger partial charge is 0.298 e. The van der Waals surface area contributed by atoms with Crippen molar-refractivity contribution in [3.63, 3.8) is 0 Å². The van der Waals surface area contributed by atoms with Crippen LogP contribution in [0.3, 0.4) is 0 Å². The van der Waals surface area contributed by atoms with Crippen molar-refractivity contribution >= 4 is 5.78 Å². The minimum atomic E-state index is -0.315. The molecular weight excluding hydrogens is 172 g/mol. The van der Waals surface area contributed by atoms with Crippen molar-refractivity contribution in [2.45, 2.75) is 26.7 Å². The highest BCUT2D eigenvalue weighted by Crippen LogP contribution is 2.46. The Bertz CT molecular complexity index is 346. The van der Waals surface area contributed by atoms with Crippen molar-refractivity contribution in [2.75, 3.05) is 0 Å². The van der Waals surface area contributed by atoms with Crippen LogP contribution in [0.2, 0.25) is 0 Å². The highest BCUT2D eigenvalue weighted by molar-refractivity contribution is 5.93. The fourth-order valence-electron chi connectivity index (χ4n) is 2.46. The zero-order valence-corrected chi connectivity index (χ0v) is 8.79. The third-order valence-corrected chi connectivity index (χ3v) is 3.47. The topological polar surface area (TPSA) is 17.1 Å². The number of hydrogen-bond acceptors (Lipinski definition) is 1. The highest BCUT2D eigenvalue weighted by Gasteiger charge is 2.44. The van der Waals surface area contributed by atoms with Crippen molar-refractivity contribution < 1.29 is 4.79 Å². The Balaban J connectivity index is 2.48. The fraction of sp³-hybridized carbons (Fsp3) is 0.462. The molecule has 74 valence electrons. The molecule has 2 aliphatic carbocycles. The standard InChI is InChI=1S/C13H16O/c1-3-10-9-12(14)13(2)8-6-4-5-7-11(10)13/h4-8,10H,3,9H2,1-2H3/t10-,13-/m0/s1. The van der Waals surface area contributed by atoms with Gasteiger partial charge < -0.3 is 0 Å². The Kier molecular flexibility index (Phi) is 2.18. The summed E-state index contributed by atoms with van der Waals surface area (Å²) >= 11 is 0. The third-order valence-electron chi connectivity index (χ3n) is 3.47. The summed E-state index contributed by atoms with van der Waals surface area (Å²) in [5.74, 6) is 0.829. The van der Waals surface area contributed by atoms with Gasteiger partial charge in [-0.2, -0.15) is 0 Å². The Morgan fingerprint density at radius 2 is 2.21 bits per heavy atom. The van der Waals surface area contributed by atoms with Crippen LogP contribution in [0.4, 0.5) is 0 Å². The van der Waals surface area contributed by atoms with Crippen LogP contribution in [0.1, 0.15) is 26.7 Å². The van der Waals surface area contributed by atoms with Gasteiger partial charge in [-0.25, -0.2) is 0 Å². The van der Waals surface area contributed by atoms with E-state index in [2.05, 4.69) is 13.0 Å². The lowest BCUT2D eigenvalue weighted by Crippen LogP contribution is -2.20. The Hall–Kier alpha value is -1.11. The van der Waals surface area contributed by atoms with Gasteiger partial charge >= 0.3 is 0 Å². The van der Waals surface area contributed by atoms with E-state index in [1.165, 1.54) is 5.57 Å². The minimum absolute atomic E-state index is 0.315. The Labute approximate surface area is 85.2 Å². The molecule has 0 unspecified atom stereocenters. The van der Waals surface area contributed by atoms with Gasteiger partial charge in [0, 0.05) is 6.42 Å². The van der Waals surface area contributed by atoms with E-state index in [4.69, 9.17) is 0 Å². The van der Waals surface area contributed by atoms with Crippen molar-refractivity contribution in [3.8, 4) is 0 Å². The summed E-state index contributed by atoms with van der Waals surface area (Å²) in [5, 5.41) is 0. The molecule has 0 bridgehead atoms. The lowest BCUT2D eigenvalue weighted by atomic mass is 9.81. The summed E-state index contributed by atoms with van der Waals surface area (Å²) < 4.78 is 0. The third kappa shape index (κ3) is 1.19. The first kappa shape index (κ1) is 9.45. The molecule has 1 heteroatoms. The maximum atomic E-state index is 11.9. The van der Waals surface area contributed by atoms with Crippen LogP contribution in [-0.4, -0.2) is 5.78 Å². The first-order valence-corrected chi connectivity index (χ1v) is 5.28. The average Bonchev–Trinajstić information content (AvgIpc) is 2.36. The van der Waals surface area contributed by atoms with Crippen molar-refractivity contribution in [1.29, 1.82) is 0 Å². The number of carbonyl (C=O) groups excluding carboxylic acids is 1. The number of rotatable bonds is 1. The van der Waals surface area contributed by atoms with Gasteiger partial charge in [0.2, 0.25) is 0 Å². The molecule has 0 aliphatic heterocycles. The summed E-state index contributed by atoms with van der Waals surface area (Å²) in [5.41, 5.74) is 0.986. The number of ketones is 1. The highest BCUT2D eigenvalue weighted by atomic mass is 16.1. The Morgan fingerprint density at radius 1 is 1.43 bits per heavy atom. The predicted molar refractivity (Wildman–Crippen MR) is 57.9 cm³/mol. The van der Waals surface area contributed by atoms with E-state index in [0.717, 1.165) is 12.8 Å². The molecule has 2 rings (SSSR count). The second-order valence-electron chi connectivity index (χ2n) is 4.30. The summed E-state index contributed by atoms with van der Waals surface area (Å²) in [4.78, 5) is 11.9. The second kappa shape index (κ2) is 3.23. The van der Waals surface area contributed by atoms with Crippen LogP contribution < -0.4 is 0 Å². The van der Waals surface area contributed by atoms with Crippen LogP contribution >= 0.6 is 0 Å². The zero-order valence-electron chi connectivity index (χ0n) is 8.79. The lowest BCUT2D eigenvalue weighted by Gasteiger charge is -2.21. The van der Waals surface area contributed by atoms with Crippen LogP contribution in [0, 0.1) is 11.3 Å². The lowest BCUT2D eigenvalue weighted by molar-refractivity contribution is -0.122. The predicted octanol–water partition coefficient (Wildman–Crippen LogP) is 3.04. The number of fused-ring (bicyclic) bond motifs is 1. The second-order valence-corrected chi connectivity index (χ2v) is 4.30. The molecule has 0 saturated heterocycles. The molecule has 1 fully saturated rings. The quantitative estimate of drug-likeness (QED) is 0.618. The van der Waals surface area contributed by atoms with Gasteiger partial charge in [-0.15, -0.1) is 0 Å². The average molecular weight is 188 g/mol. The maximum absolute atomic E-state index is 11.9. The van der Waals surface area contributed by atoms with E-state index in [1.54, 1.807) is 0 Å². The molecule has 2 aliphatic rings. The van der Waals surface area contributed by atoms with E-state index in [-0.39, 0.29) is 5.41 Å². The molecule has 14 heavy (non-hydrogen) atoms. The molecule has 0 spiro atoms. The van der Waals surface area contributed by atoms with Crippen molar-refractivity contribution in [2.24, 2.45) is 11.3 Å². The van der Waals surface area contributed by atoms with Gasteiger partial charge in [-0.3, -0.25) is 4.79 Å². The van der Waals surface area contributed by atoms with Gasteiger partial charge in [0.1, 0.15) is 5.78 Å².